The molecule has 0 unspecified atom stereocenters. The number of nitrogens with one attached hydrogen (secondary N) is 1. The highest BCUT2D eigenvalue weighted by Gasteiger charge is 2.14. The Kier molecular flexibility index (Phi) is 7.41. The van der Waals surface area contributed by atoms with Crippen LogP contribution in [-0.4, -0.2) is 26.4 Å². The van der Waals surface area contributed by atoms with Crippen LogP contribution in [-0.2, 0) is 17.9 Å². The van der Waals surface area contributed by atoms with Crippen molar-refractivity contribution in [2.75, 3.05) is 11.1 Å². The van der Waals surface area contributed by atoms with E-state index in [1.165, 1.54) is 11.8 Å². The maximum Gasteiger partial charge on any atom is 0.234 e. The molecule has 0 aliphatic carbocycles. The average Bonchev–Trinajstić information content (AvgIpc) is 3.09. The molecule has 2 aromatic carbocycles. The van der Waals surface area contributed by atoms with Crippen LogP contribution in [0.3, 0.4) is 0 Å². The van der Waals surface area contributed by atoms with Crippen molar-refractivity contribution in [3.63, 3.8) is 0 Å². The highest BCUT2D eigenvalue weighted by Crippen LogP contribution is 2.24. The van der Waals surface area contributed by atoms with E-state index in [0.717, 1.165) is 11.3 Å². The van der Waals surface area contributed by atoms with E-state index >= 15 is 0 Å². The van der Waals surface area contributed by atoms with E-state index in [1.807, 2.05) is 42.7 Å². The molecule has 6 nitrogen and oxygen atoms in total. The first-order chi connectivity index (χ1) is 14.0. The van der Waals surface area contributed by atoms with Gasteiger partial charge in [0.1, 0.15) is 12.4 Å². The van der Waals surface area contributed by atoms with Crippen LogP contribution in [0.2, 0.25) is 10.0 Å². The number of carbonyl (C=O) groups excluding carboxylic acids is 1. The first-order valence-corrected chi connectivity index (χ1v) is 10.7. The van der Waals surface area contributed by atoms with Gasteiger partial charge >= 0.3 is 0 Å². The number of anilines is 1. The Hall–Kier alpha value is -2.22. The third kappa shape index (κ3) is 5.65. The third-order valence-corrected chi connectivity index (χ3v) is 5.62. The lowest BCUT2D eigenvalue weighted by atomic mass is 10.2. The van der Waals surface area contributed by atoms with Crippen LogP contribution in [0.5, 0.6) is 5.75 Å². The predicted octanol–water partition coefficient (Wildman–Crippen LogP) is 5.22. The Labute approximate surface area is 183 Å². The fraction of sp³-hybridized carbons (Fsp3) is 0.250. The summed E-state index contributed by atoms with van der Waals surface area (Å²) in [6.45, 7) is 4.87. The summed E-state index contributed by atoms with van der Waals surface area (Å²) < 4.78 is 7.80. The number of amides is 1. The number of benzene rings is 2. The Morgan fingerprint density at radius 1 is 1.21 bits per heavy atom. The van der Waals surface area contributed by atoms with E-state index < -0.39 is 0 Å². The molecule has 152 valence electrons. The molecule has 3 rings (SSSR count). The SMILES string of the molecule is CCn1c(COc2ccc(Cl)cc2C)nnc1SCC(=O)Nc1ccccc1Cl. The van der Waals surface area contributed by atoms with Gasteiger partial charge in [0.05, 0.1) is 16.5 Å². The lowest BCUT2D eigenvalue weighted by molar-refractivity contribution is -0.113. The van der Waals surface area contributed by atoms with Crippen molar-refractivity contribution in [2.24, 2.45) is 0 Å². The highest BCUT2D eigenvalue weighted by atomic mass is 35.5. The number of aromatic nitrogens is 3. The van der Waals surface area contributed by atoms with Gasteiger partial charge in [-0.2, -0.15) is 0 Å². The number of hydrogen-bond acceptors (Lipinski definition) is 5. The van der Waals surface area contributed by atoms with Crippen LogP contribution < -0.4 is 10.1 Å². The molecule has 3 aromatic rings. The number of nitrogens with zero attached hydrogens (tertiary/aromatic N) is 3. The molecule has 0 radical (unpaired) electrons. The molecule has 0 spiro atoms. The molecule has 0 bridgehead atoms. The summed E-state index contributed by atoms with van der Waals surface area (Å²) >= 11 is 13.4. The standard InChI is InChI=1S/C20H20Cl2N4O2S/c1-3-26-18(11-28-17-9-8-14(21)10-13(17)2)24-25-20(26)29-12-19(27)23-16-7-5-4-6-15(16)22/h4-10H,3,11-12H2,1-2H3,(H,23,27). The van der Waals surface area contributed by atoms with E-state index in [2.05, 4.69) is 15.5 Å². The molecule has 0 fully saturated rings. The molecule has 9 heteroatoms. The first kappa shape index (κ1) is 21.5. The van der Waals surface area contributed by atoms with Gasteiger partial charge in [-0.3, -0.25) is 4.79 Å². The lowest BCUT2D eigenvalue weighted by Gasteiger charge is -2.11. The number of para-hydroxylation sites is 1. The van der Waals surface area contributed by atoms with Crippen molar-refractivity contribution in [1.29, 1.82) is 0 Å². The zero-order chi connectivity index (χ0) is 20.8. The van der Waals surface area contributed by atoms with Gasteiger partial charge in [0.2, 0.25) is 5.91 Å². The van der Waals surface area contributed by atoms with Crippen molar-refractivity contribution in [3.8, 4) is 5.75 Å². The minimum Gasteiger partial charge on any atom is -0.485 e. The summed E-state index contributed by atoms with van der Waals surface area (Å²) in [5, 5.41) is 13.0. The Morgan fingerprint density at radius 3 is 2.72 bits per heavy atom. The molecule has 0 atom stereocenters. The van der Waals surface area contributed by atoms with E-state index in [-0.39, 0.29) is 18.3 Å². The van der Waals surface area contributed by atoms with Crippen LogP contribution in [0.1, 0.15) is 18.3 Å². The second kappa shape index (κ2) is 10.0. The molecular formula is C20H20Cl2N4O2S. The fourth-order valence-corrected chi connectivity index (χ4v) is 3.88. The highest BCUT2D eigenvalue weighted by molar-refractivity contribution is 7.99. The Morgan fingerprint density at radius 2 is 2.00 bits per heavy atom. The van der Waals surface area contributed by atoms with Crippen molar-refractivity contribution < 1.29 is 9.53 Å². The molecule has 29 heavy (non-hydrogen) atoms. The third-order valence-electron chi connectivity index (χ3n) is 4.08. The van der Waals surface area contributed by atoms with Gasteiger partial charge in [0.25, 0.3) is 0 Å². The maximum absolute atomic E-state index is 12.2. The fourth-order valence-electron chi connectivity index (χ4n) is 2.65. The molecule has 0 saturated heterocycles. The van der Waals surface area contributed by atoms with Gasteiger partial charge in [0.15, 0.2) is 11.0 Å². The smallest absolute Gasteiger partial charge is 0.234 e. The van der Waals surface area contributed by atoms with Gasteiger partial charge in [-0.05, 0) is 49.7 Å². The van der Waals surface area contributed by atoms with Crippen molar-refractivity contribution in [3.05, 3.63) is 63.9 Å². The second-order valence-electron chi connectivity index (χ2n) is 6.16. The normalized spacial score (nSPS) is 10.8. The summed E-state index contributed by atoms with van der Waals surface area (Å²) in [6, 6.07) is 12.6. The van der Waals surface area contributed by atoms with Crippen molar-refractivity contribution in [1.82, 2.24) is 14.8 Å². The largest absolute Gasteiger partial charge is 0.485 e. The van der Waals surface area contributed by atoms with E-state index in [9.17, 15) is 4.79 Å². The van der Waals surface area contributed by atoms with Gasteiger partial charge in [-0.15, -0.1) is 10.2 Å². The van der Waals surface area contributed by atoms with Gasteiger partial charge in [-0.1, -0.05) is 47.1 Å². The number of rotatable bonds is 8. The van der Waals surface area contributed by atoms with E-state index in [1.54, 1.807) is 18.2 Å². The van der Waals surface area contributed by atoms with Crippen LogP contribution in [0, 0.1) is 6.92 Å². The first-order valence-electron chi connectivity index (χ1n) is 8.96. The number of carbonyl (C=O) groups is 1. The van der Waals surface area contributed by atoms with E-state index in [4.69, 9.17) is 27.9 Å². The summed E-state index contributed by atoms with van der Waals surface area (Å²) in [5.41, 5.74) is 1.54. The van der Waals surface area contributed by atoms with Crippen LogP contribution in [0.4, 0.5) is 5.69 Å². The zero-order valence-electron chi connectivity index (χ0n) is 16.0. The number of hydrogen-bond donors (Lipinski definition) is 1. The topological polar surface area (TPSA) is 69.0 Å². The number of thioether (sulfide) groups is 1. The molecule has 1 heterocycles. The van der Waals surface area contributed by atoms with Gasteiger partial charge in [-0.25, -0.2) is 0 Å². The number of aryl methyl sites for hydroxylation is 1. The molecule has 1 amide bonds. The summed E-state index contributed by atoms with van der Waals surface area (Å²) in [5.74, 6) is 1.47. The minimum absolute atomic E-state index is 0.164. The Bertz CT molecular complexity index is 1010. The maximum atomic E-state index is 12.2. The van der Waals surface area contributed by atoms with Crippen LogP contribution in [0.25, 0.3) is 0 Å². The molecule has 0 aliphatic rings. The zero-order valence-corrected chi connectivity index (χ0v) is 18.3. The molecule has 0 aliphatic heterocycles. The monoisotopic (exact) mass is 450 g/mol. The minimum atomic E-state index is -0.164. The Balaban J connectivity index is 1.60. The molecular weight excluding hydrogens is 431 g/mol. The van der Waals surface area contributed by atoms with Gasteiger partial charge < -0.3 is 14.6 Å². The lowest BCUT2D eigenvalue weighted by Crippen LogP contribution is -2.15. The summed E-state index contributed by atoms with van der Waals surface area (Å²) in [6.07, 6.45) is 0. The van der Waals surface area contributed by atoms with Crippen LogP contribution in [0.15, 0.2) is 47.6 Å². The van der Waals surface area contributed by atoms with E-state index in [0.29, 0.717) is 33.3 Å². The molecule has 0 saturated carbocycles. The quantitative estimate of drug-likeness (QED) is 0.476. The summed E-state index contributed by atoms with van der Waals surface area (Å²) in [4.78, 5) is 12.2. The number of ether oxygens (including phenoxy) is 1. The average molecular weight is 451 g/mol. The molecule has 1 aromatic heterocycles. The van der Waals surface area contributed by atoms with Gasteiger partial charge in [0, 0.05) is 11.6 Å². The van der Waals surface area contributed by atoms with Crippen molar-refractivity contribution in [2.45, 2.75) is 32.2 Å². The predicted molar refractivity (Wildman–Crippen MR) is 117 cm³/mol. The second-order valence-corrected chi connectivity index (χ2v) is 7.94. The summed E-state index contributed by atoms with van der Waals surface area (Å²) in [7, 11) is 0. The van der Waals surface area contributed by atoms with Crippen LogP contribution >= 0.6 is 35.0 Å². The molecule has 1 N–H and O–H groups in total. The van der Waals surface area contributed by atoms with Crippen molar-refractivity contribution >= 4 is 46.6 Å². The number of halogens is 2.